The molecule has 88 valence electrons. The molecule has 1 fully saturated rings. The van der Waals surface area contributed by atoms with Crippen LogP contribution in [0.4, 0.5) is 0 Å². The van der Waals surface area contributed by atoms with Crippen LogP contribution in [0, 0.1) is 0 Å². The molecule has 0 saturated carbocycles. The van der Waals surface area contributed by atoms with Gasteiger partial charge in [-0.25, -0.2) is 4.79 Å². The molecule has 16 heavy (non-hydrogen) atoms. The third-order valence-corrected chi connectivity index (χ3v) is 3.17. The van der Waals surface area contributed by atoms with Gasteiger partial charge in [-0.1, -0.05) is 6.42 Å². The summed E-state index contributed by atoms with van der Waals surface area (Å²) in [5.74, 6) is -0.233. The van der Waals surface area contributed by atoms with E-state index in [1.165, 1.54) is 25.3 Å². The predicted octanol–water partition coefficient (Wildman–Crippen LogP) is 2.35. The smallest absolute Gasteiger partial charge is 0.371 e. The van der Waals surface area contributed by atoms with Crippen LogP contribution in [0.25, 0.3) is 0 Å². The monoisotopic (exact) mass is 223 g/mol. The summed E-state index contributed by atoms with van der Waals surface area (Å²) in [7, 11) is 0. The second-order valence-corrected chi connectivity index (χ2v) is 4.39. The van der Waals surface area contributed by atoms with E-state index in [2.05, 4.69) is 11.8 Å². The summed E-state index contributed by atoms with van der Waals surface area (Å²) in [6, 6.07) is 3.84. The van der Waals surface area contributed by atoms with Crippen LogP contribution in [0.15, 0.2) is 16.5 Å². The number of hydrogen-bond acceptors (Lipinski definition) is 3. The average Bonchev–Trinajstić information content (AvgIpc) is 2.70. The second-order valence-electron chi connectivity index (χ2n) is 4.39. The van der Waals surface area contributed by atoms with Crippen molar-refractivity contribution in [2.24, 2.45) is 0 Å². The van der Waals surface area contributed by atoms with Gasteiger partial charge in [0.05, 0.1) is 6.54 Å². The van der Waals surface area contributed by atoms with E-state index in [1.807, 2.05) is 0 Å². The molecule has 4 nitrogen and oxygen atoms in total. The molecule has 0 amide bonds. The third-order valence-electron chi connectivity index (χ3n) is 3.17. The topological polar surface area (TPSA) is 53.7 Å². The number of nitrogens with zero attached hydrogens (tertiary/aromatic N) is 1. The van der Waals surface area contributed by atoms with Gasteiger partial charge in [-0.3, -0.25) is 4.90 Å². The van der Waals surface area contributed by atoms with Crippen LogP contribution in [0.3, 0.4) is 0 Å². The van der Waals surface area contributed by atoms with Gasteiger partial charge in [-0.15, -0.1) is 0 Å². The first-order chi connectivity index (χ1) is 7.66. The Kier molecular flexibility index (Phi) is 3.29. The minimum atomic E-state index is -1.00. The summed E-state index contributed by atoms with van der Waals surface area (Å²) in [4.78, 5) is 13.0. The Morgan fingerprint density at radius 3 is 3.00 bits per heavy atom. The van der Waals surface area contributed by atoms with E-state index in [0.717, 1.165) is 12.3 Å². The lowest BCUT2D eigenvalue weighted by atomic mass is 10.0. The first-order valence-corrected chi connectivity index (χ1v) is 5.73. The molecule has 0 aromatic carbocycles. The maximum absolute atomic E-state index is 10.7. The molecule has 1 aliphatic heterocycles. The van der Waals surface area contributed by atoms with Crippen LogP contribution in [-0.4, -0.2) is 28.6 Å². The van der Waals surface area contributed by atoms with Crippen molar-refractivity contribution < 1.29 is 14.3 Å². The van der Waals surface area contributed by atoms with Gasteiger partial charge in [0, 0.05) is 6.04 Å². The van der Waals surface area contributed by atoms with Gasteiger partial charge in [-0.2, -0.15) is 0 Å². The van der Waals surface area contributed by atoms with E-state index in [-0.39, 0.29) is 5.76 Å². The van der Waals surface area contributed by atoms with Crippen molar-refractivity contribution in [1.29, 1.82) is 0 Å². The number of carbonyl (C=O) groups is 1. The third kappa shape index (κ3) is 2.44. The lowest BCUT2D eigenvalue weighted by Gasteiger charge is -2.32. The van der Waals surface area contributed by atoms with Gasteiger partial charge in [-0.05, 0) is 38.4 Å². The number of carboxylic acids is 1. The molecule has 4 heteroatoms. The van der Waals surface area contributed by atoms with Crippen LogP contribution in [-0.2, 0) is 6.54 Å². The fraction of sp³-hybridized carbons (Fsp3) is 0.583. The van der Waals surface area contributed by atoms with E-state index in [1.54, 1.807) is 6.07 Å². The number of likely N-dealkylation sites (tertiary alicyclic amines) is 1. The summed E-state index contributed by atoms with van der Waals surface area (Å²) in [6.45, 7) is 4.00. The zero-order valence-corrected chi connectivity index (χ0v) is 9.48. The summed E-state index contributed by atoms with van der Waals surface area (Å²) < 4.78 is 5.25. The standard InChI is InChI=1S/C12H17NO3/c1-9-4-2-3-7-13(9)8-10-5-6-11(16-10)12(14)15/h5-6,9H,2-4,7-8H2,1H3,(H,14,15). The first-order valence-electron chi connectivity index (χ1n) is 5.73. The summed E-state index contributed by atoms with van der Waals surface area (Å²) >= 11 is 0. The fourth-order valence-electron chi connectivity index (χ4n) is 2.17. The summed E-state index contributed by atoms with van der Waals surface area (Å²) in [5.41, 5.74) is 0. The molecular weight excluding hydrogens is 206 g/mol. The molecule has 1 aromatic rings. The molecule has 0 bridgehead atoms. The van der Waals surface area contributed by atoms with Gasteiger partial charge in [0.2, 0.25) is 5.76 Å². The average molecular weight is 223 g/mol. The van der Waals surface area contributed by atoms with Gasteiger partial charge in [0.15, 0.2) is 0 Å². The minimum Gasteiger partial charge on any atom is -0.475 e. The van der Waals surface area contributed by atoms with E-state index >= 15 is 0 Å². The largest absolute Gasteiger partial charge is 0.475 e. The molecule has 1 saturated heterocycles. The van der Waals surface area contributed by atoms with E-state index in [0.29, 0.717) is 12.6 Å². The number of hydrogen-bond donors (Lipinski definition) is 1. The quantitative estimate of drug-likeness (QED) is 0.854. The van der Waals surface area contributed by atoms with Crippen LogP contribution < -0.4 is 0 Å². The summed E-state index contributed by atoms with van der Waals surface area (Å²) in [6.07, 6.45) is 3.72. The van der Waals surface area contributed by atoms with Crippen LogP contribution >= 0.6 is 0 Å². The van der Waals surface area contributed by atoms with Gasteiger partial charge in [0.25, 0.3) is 0 Å². The SMILES string of the molecule is CC1CCCCN1Cc1ccc(C(=O)O)o1. The Morgan fingerprint density at radius 2 is 2.38 bits per heavy atom. The molecular formula is C12H17NO3. The van der Waals surface area contributed by atoms with Crippen molar-refractivity contribution in [1.82, 2.24) is 4.90 Å². The molecule has 0 aliphatic carbocycles. The number of carboxylic acid groups (broad SMARTS) is 1. The predicted molar refractivity (Wildman–Crippen MR) is 59.4 cm³/mol. The normalized spacial score (nSPS) is 22.2. The molecule has 0 radical (unpaired) electrons. The van der Waals surface area contributed by atoms with Crippen molar-refractivity contribution in [3.63, 3.8) is 0 Å². The van der Waals surface area contributed by atoms with Crippen molar-refractivity contribution >= 4 is 5.97 Å². The summed E-state index contributed by atoms with van der Waals surface area (Å²) in [5, 5.41) is 8.75. The fourth-order valence-corrected chi connectivity index (χ4v) is 2.17. The van der Waals surface area contributed by atoms with Crippen LogP contribution in [0.2, 0.25) is 0 Å². The molecule has 2 rings (SSSR count). The van der Waals surface area contributed by atoms with Crippen LogP contribution in [0.1, 0.15) is 42.5 Å². The Labute approximate surface area is 94.9 Å². The molecule has 1 aromatic heterocycles. The molecule has 1 N–H and O–H groups in total. The zero-order chi connectivity index (χ0) is 11.5. The number of piperidine rings is 1. The van der Waals surface area contributed by atoms with Crippen LogP contribution in [0.5, 0.6) is 0 Å². The van der Waals surface area contributed by atoms with Gasteiger partial charge >= 0.3 is 5.97 Å². The Hall–Kier alpha value is -1.29. The highest BCUT2D eigenvalue weighted by molar-refractivity contribution is 5.84. The highest BCUT2D eigenvalue weighted by Crippen LogP contribution is 2.20. The lowest BCUT2D eigenvalue weighted by molar-refractivity contribution is 0.0656. The molecule has 2 heterocycles. The first kappa shape index (κ1) is 11.2. The zero-order valence-electron chi connectivity index (χ0n) is 9.48. The minimum absolute atomic E-state index is 0.0275. The maximum atomic E-state index is 10.7. The highest BCUT2D eigenvalue weighted by Gasteiger charge is 2.20. The Morgan fingerprint density at radius 1 is 1.56 bits per heavy atom. The van der Waals surface area contributed by atoms with E-state index in [9.17, 15) is 4.79 Å². The lowest BCUT2D eigenvalue weighted by Crippen LogP contribution is -2.36. The highest BCUT2D eigenvalue weighted by atomic mass is 16.4. The van der Waals surface area contributed by atoms with Crippen molar-refractivity contribution in [2.45, 2.75) is 38.8 Å². The van der Waals surface area contributed by atoms with Gasteiger partial charge < -0.3 is 9.52 Å². The number of furan rings is 1. The van der Waals surface area contributed by atoms with Crippen molar-refractivity contribution in [3.05, 3.63) is 23.7 Å². The molecule has 1 unspecified atom stereocenters. The van der Waals surface area contributed by atoms with Crippen molar-refractivity contribution in [3.8, 4) is 0 Å². The second kappa shape index (κ2) is 4.70. The van der Waals surface area contributed by atoms with E-state index in [4.69, 9.17) is 9.52 Å². The van der Waals surface area contributed by atoms with Crippen molar-refractivity contribution in [2.75, 3.05) is 6.54 Å². The molecule has 0 spiro atoms. The Balaban J connectivity index is 1.99. The molecule has 1 aliphatic rings. The Bertz CT molecular complexity index is 372. The molecule has 1 atom stereocenters. The van der Waals surface area contributed by atoms with E-state index < -0.39 is 5.97 Å². The van der Waals surface area contributed by atoms with Gasteiger partial charge in [0.1, 0.15) is 5.76 Å². The number of aromatic carboxylic acids is 1. The maximum Gasteiger partial charge on any atom is 0.371 e. The number of rotatable bonds is 3.